The standard InChI is InChI=1S/C20H18BrPS2/c1-2-16-8-6-7-11-20(16)22(23,18-9-4-3-5-10-18)24-19-14-12-17(21)13-15-19/h3-15H,2H2,1H3. The summed E-state index contributed by atoms with van der Waals surface area (Å²) in [5.41, 5.74) is 1.36. The van der Waals surface area contributed by atoms with E-state index in [1.54, 1.807) is 0 Å². The minimum Gasteiger partial charge on any atom is -0.0790 e. The molecule has 122 valence electrons. The van der Waals surface area contributed by atoms with Gasteiger partial charge in [0.25, 0.3) is 0 Å². The second-order valence-corrected chi connectivity index (χ2v) is 13.6. The maximum Gasteiger partial charge on any atom is 0.0661 e. The van der Waals surface area contributed by atoms with E-state index in [-0.39, 0.29) is 0 Å². The van der Waals surface area contributed by atoms with Gasteiger partial charge in [0.15, 0.2) is 0 Å². The van der Waals surface area contributed by atoms with Crippen molar-refractivity contribution in [1.29, 1.82) is 0 Å². The Morgan fingerprint density at radius 2 is 1.50 bits per heavy atom. The Bertz CT molecular complexity index is 860. The van der Waals surface area contributed by atoms with Crippen LogP contribution in [-0.2, 0) is 18.2 Å². The number of benzene rings is 3. The highest BCUT2D eigenvalue weighted by Gasteiger charge is 2.25. The molecule has 0 bridgehead atoms. The van der Waals surface area contributed by atoms with Gasteiger partial charge in [-0.2, -0.15) is 0 Å². The Hall–Kier alpha value is -0.860. The van der Waals surface area contributed by atoms with E-state index >= 15 is 0 Å². The summed E-state index contributed by atoms with van der Waals surface area (Å²) in [6.45, 7) is 2.20. The number of hydrogen-bond donors (Lipinski definition) is 0. The van der Waals surface area contributed by atoms with Gasteiger partial charge >= 0.3 is 0 Å². The van der Waals surface area contributed by atoms with Gasteiger partial charge in [-0.1, -0.05) is 101 Å². The fourth-order valence-corrected chi connectivity index (χ4v) is 9.81. The van der Waals surface area contributed by atoms with E-state index in [4.69, 9.17) is 11.8 Å². The van der Waals surface area contributed by atoms with Crippen LogP contribution in [0.25, 0.3) is 0 Å². The molecule has 0 aliphatic heterocycles. The minimum absolute atomic E-state index is 1.00. The predicted octanol–water partition coefficient (Wildman–Crippen LogP) is 6.15. The second-order valence-electron chi connectivity index (χ2n) is 5.41. The summed E-state index contributed by atoms with van der Waals surface area (Å²) < 4.78 is 1.09. The van der Waals surface area contributed by atoms with Crippen molar-refractivity contribution in [3.8, 4) is 0 Å². The van der Waals surface area contributed by atoms with Gasteiger partial charge in [-0.3, -0.25) is 0 Å². The van der Waals surface area contributed by atoms with Crippen molar-refractivity contribution in [2.45, 2.75) is 18.2 Å². The first kappa shape index (κ1) is 17.9. The molecule has 0 aromatic heterocycles. The summed E-state index contributed by atoms with van der Waals surface area (Å²) in [7, 11) is 0. The topological polar surface area (TPSA) is 0 Å². The molecule has 0 heterocycles. The largest absolute Gasteiger partial charge is 0.0790 e. The molecule has 0 fully saturated rings. The van der Waals surface area contributed by atoms with Gasteiger partial charge in [-0.25, -0.2) is 0 Å². The summed E-state index contributed by atoms with van der Waals surface area (Å²) in [5.74, 6) is 0. The molecule has 0 saturated carbocycles. The molecular formula is C20H18BrPS2. The zero-order valence-electron chi connectivity index (χ0n) is 13.4. The van der Waals surface area contributed by atoms with Crippen molar-refractivity contribution >= 4 is 55.0 Å². The van der Waals surface area contributed by atoms with Crippen LogP contribution in [0, 0.1) is 0 Å². The van der Waals surface area contributed by atoms with E-state index < -0.39 is 5.24 Å². The van der Waals surface area contributed by atoms with Crippen molar-refractivity contribution in [3.05, 3.63) is 88.9 Å². The quantitative estimate of drug-likeness (QED) is 0.443. The van der Waals surface area contributed by atoms with Crippen LogP contribution in [0.1, 0.15) is 12.5 Å². The highest BCUT2D eigenvalue weighted by Crippen LogP contribution is 2.60. The van der Waals surface area contributed by atoms with E-state index in [1.165, 1.54) is 21.1 Å². The first-order valence-corrected chi connectivity index (χ1v) is 12.8. The SMILES string of the molecule is CCc1ccccc1P(=S)(Sc1ccc(Br)cc1)c1ccccc1. The average Bonchev–Trinajstić information content (AvgIpc) is 2.64. The molecule has 0 nitrogen and oxygen atoms in total. The Labute approximate surface area is 161 Å². The Kier molecular flexibility index (Phi) is 5.99. The predicted molar refractivity (Wildman–Crippen MR) is 116 cm³/mol. The molecule has 24 heavy (non-hydrogen) atoms. The molecule has 4 heteroatoms. The summed E-state index contributed by atoms with van der Waals surface area (Å²) >= 11 is 11.7. The summed E-state index contributed by atoms with van der Waals surface area (Å²) in [4.78, 5) is 1.22. The van der Waals surface area contributed by atoms with Gasteiger partial charge in [0, 0.05) is 14.7 Å². The molecule has 3 aromatic carbocycles. The van der Waals surface area contributed by atoms with Crippen molar-refractivity contribution in [2.24, 2.45) is 0 Å². The highest BCUT2D eigenvalue weighted by molar-refractivity contribution is 9.10. The molecule has 0 radical (unpaired) electrons. The van der Waals surface area contributed by atoms with Crippen LogP contribution in [-0.4, -0.2) is 0 Å². The molecule has 3 aromatic rings. The van der Waals surface area contributed by atoms with Gasteiger partial charge < -0.3 is 0 Å². The van der Waals surface area contributed by atoms with E-state index in [0.717, 1.165) is 10.9 Å². The first-order chi connectivity index (χ1) is 11.6. The molecule has 0 N–H and O–H groups in total. The zero-order valence-corrected chi connectivity index (χ0v) is 17.5. The monoisotopic (exact) mass is 432 g/mol. The normalized spacial score (nSPS) is 13.4. The molecule has 0 aliphatic rings. The van der Waals surface area contributed by atoms with Gasteiger partial charge in [0.2, 0.25) is 0 Å². The van der Waals surface area contributed by atoms with Crippen molar-refractivity contribution in [3.63, 3.8) is 0 Å². The van der Waals surface area contributed by atoms with Gasteiger partial charge in [-0.05, 0) is 41.6 Å². The Balaban J connectivity index is 2.14. The molecular weight excluding hydrogens is 415 g/mol. The maximum atomic E-state index is 6.37. The van der Waals surface area contributed by atoms with Crippen LogP contribution < -0.4 is 10.6 Å². The van der Waals surface area contributed by atoms with E-state index in [0.29, 0.717) is 0 Å². The fraction of sp³-hybridized carbons (Fsp3) is 0.100. The molecule has 0 aliphatic carbocycles. The van der Waals surface area contributed by atoms with E-state index in [1.807, 2.05) is 11.4 Å². The number of rotatable bonds is 5. The van der Waals surface area contributed by atoms with Gasteiger partial charge in [0.1, 0.15) is 0 Å². The van der Waals surface area contributed by atoms with Crippen LogP contribution in [0.15, 0.2) is 88.2 Å². The number of hydrogen-bond acceptors (Lipinski definition) is 2. The minimum atomic E-state index is -1.98. The Morgan fingerprint density at radius 3 is 2.17 bits per heavy atom. The zero-order chi connectivity index (χ0) is 17.0. The summed E-state index contributed by atoms with van der Waals surface area (Å²) in [6.07, 6.45) is 1.00. The lowest BCUT2D eigenvalue weighted by Crippen LogP contribution is -2.17. The molecule has 0 spiro atoms. The van der Waals surface area contributed by atoms with Crippen LogP contribution >= 0.6 is 32.6 Å². The number of halogens is 1. The lowest BCUT2D eigenvalue weighted by atomic mass is 10.2. The van der Waals surface area contributed by atoms with Gasteiger partial charge in [0.05, 0.1) is 5.24 Å². The van der Waals surface area contributed by atoms with Gasteiger partial charge in [-0.15, -0.1) is 0 Å². The fourth-order valence-electron chi connectivity index (χ4n) is 2.61. The van der Waals surface area contributed by atoms with Crippen LogP contribution in [0.5, 0.6) is 0 Å². The molecule has 0 saturated heterocycles. The summed E-state index contributed by atoms with van der Waals surface area (Å²) in [6, 6.07) is 27.7. The van der Waals surface area contributed by atoms with Crippen LogP contribution in [0.2, 0.25) is 0 Å². The molecule has 1 unspecified atom stereocenters. The maximum absolute atomic E-state index is 6.37. The lowest BCUT2D eigenvalue weighted by Gasteiger charge is -2.25. The molecule has 0 amide bonds. The van der Waals surface area contributed by atoms with Crippen molar-refractivity contribution in [1.82, 2.24) is 0 Å². The number of aryl methyl sites for hydroxylation is 1. The van der Waals surface area contributed by atoms with Crippen molar-refractivity contribution < 1.29 is 0 Å². The van der Waals surface area contributed by atoms with Crippen LogP contribution in [0.4, 0.5) is 0 Å². The van der Waals surface area contributed by atoms with E-state index in [2.05, 4.69) is 102 Å². The average molecular weight is 433 g/mol. The summed E-state index contributed by atoms with van der Waals surface area (Å²) in [5, 5.41) is 0.599. The second kappa shape index (κ2) is 8.01. The third-order valence-electron chi connectivity index (χ3n) is 3.83. The van der Waals surface area contributed by atoms with E-state index in [9.17, 15) is 0 Å². The smallest absolute Gasteiger partial charge is 0.0661 e. The third kappa shape index (κ3) is 3.86. The molecule has 3 rings (SSSR count). The Morgan fingerprint density at radius 1 is 0.875 bits per heavy atom. The highest BCUT2D eigenvalue weighted by atomic mass is 79.9. The first-order valence-electron chi connectivity index (χ1n) is 7.83. The third-order valence-corrected chi connectivity index (χ3v) is 11.7. The molecule has 1 atom stereocenters. The van der Waals surface area contributed by atoms with Crippen molar-refractivity contribution in [2.75, 3.05) is 0 Å². The lowest BCUT2D eigenvalue weighted by molar-refractivity contribution is 1.15. The van der Waals surface area contributed by atoms with Crippen LogP contribution in [0.3, 0.4) is 0 Å².